The monoisotopic (exact) mass is 296 g/mol. The molecule has 20 heavy (non-hydrogen) atoms. The van der Waals surface area contributed by atoms with Crippen molar-refractivity contribution in [2.24, 2.45) is 5.41 Å². The van der Waals surface area contributed by atoms with Crippen LogP contribution in [0.15, 0.2) is 16.8 Å². The summed E-state index contributed by atoms with van der Waals surface area (Å²) >= 11 is 1.54. The van der Waals surface area contributed by atoms with Crippen molar-refractivity contribution in [3.05, 3.63) is 22.4 Å². The molecule has 5 heteroatoms. The highest BCUT2D eigenvalue weighted by Crippen LogP contribution is 2.36. The first kappa shape index (κ1) is 15.3. The molecule has 2 amide bonds. The Bertz CT molecular complexity index is 437. The standard InChI is InChI=1S/C15H24N2O2S/c1-14(6-3-4-7-14)10-16-13(18)17-11-15(2,19)12-5-8-20-9-12/h5,8-9,19H,3-4,6-7,10-11H2,1-2H3,(H2,16,17,18). The Balaban J connectivity index is 1.75. The normalized spacial score (nSPS) is 20.4. The topological polar surface area (TPSA) is 61.4 Å². The second kappa shape index (κ2) is 6.14. The van der Waals surface area contributed by atoms with Gasteiger partial charge >= 0.3 is 6.03 Å². The number of hydrogen-bond donors (Lipinski definition) is 3. The van der Waals surface area contributed by atoms with Gasteiger partial charge in [-0.2, -0.15) is 11.3 Å². The molecule has 4 nitrogen and oxygen atoms in total. The van der Waals surface area contributed by atoms with E-state index in [0.717, 1.165) is 5.56 Å². The lowest BCUT2D eigenvalue weighted by molar-refractivity contribution is 0.0597. The van der Waals surface area contributed by atoms with E-state index >= 15 is 0 Å². The minimum atomic E-state index is -1.02. The molecule has 0 aromatic carbocycles. The summed E-state index contributed by atoms with van der Waals surface area (Å²) in [5.74, 6) is 0. The average molecular weight is 296 g/mol. The average Bonchev–Trinajstić information content (AvgIpc) is 3.06. The van der Waals surface area contributed by atoms with Crippen LogP contribution in [0.25, 0.3) is 0 Å². The number of nitrogens with one attached hydrogen (secondary N) is 2. The van der Waals surface area contributed by atoms with Crippen molar-refractivity contribution in [2.45, 2.75) is 45.1 Å². The number of carbonyl (C=O) groups excluding carboxylic acids is 1. The van der Waals surface area contributed by atoms with Gasteiger partial charge in [-0.1, -0.05) is 19.8 Å². The van der Waals surface area contributed by atoms with E-state index in [1.807, 2.05) is 16.8 Å². The third kappa shape index (κ3) is 3.96. The summed E-state index contributed by atoms with van der Waals surface area (Å²) in [6.07, 6.45) is 4.87. The molecule has 1 aromatic rings. The van der Waals surface area contributed by atoms with Gasteiger partial charge in [-0.15, -0.1) is 0 Å². The molecule has 112 valence electrons. The van der Waals surface area contributed by atoms with Crippen molar-refractivity contribution in [3.8, 4) is 0 Å². The molecule has 0 saturated heterocycles. The van der Waals surface area contributed by atoms with Crippen LogP contribution in [0.4, 0.5) is 4.79 Å². The number of urea groups is 1. The van der Waals surface area contributed by atoms with Crippen molar-refractivity contribution in [1.29, 1.82) is 0 Å². The van der Waals surface area contributed by atoms with E-state index in [1.165, 1.54) is 37.0 Å². The minimum absolute atomic E-state index is 0.200. The number of carbonyl (C=O) groups is 1. The lowest BCUT2D eigenvalue weighted by Crippen LogP contribution is -2.45. The largest absolute Gasteiger partial charge is 0.384 e. The van der Waals surface area contributed by atoms with Gasteiger partial charge < -0.3 is 15.7 Å². The number of hydrogen-bond acceptors (Lipinski definition) is 3. The predicted octanol–water partition coefficient (Wildman–Crippen LogP) is 2.84. The Morgan fingerprint density at radius 3 is 2.75 bits per heavy atom. The van der Waals surface area contributed by atoms with Gasteiger partial charge in [0.1, 0.15) is 5.60 Å². The summed E-state index contributed by atoms with van der Waals surface area (Å²) in [5, 5.41) is 19.8. The minimum Gasteiger partial charge on any atom is -0.384 e. The van der Waals surface area contributed by atoms with Crippen LogP contribution in [0, 0.1) is 5.41 Å². The highest BCUT2D eigenvalue weighted by Gasteiger charge is 2.29. The molecule has 3 N–H and O–H groups in total. The molecular weight excluding hydrogens is 272 g/mol. The highest BCUT2D eigenvalue weighted by atomic mass is 32.1. The summed E-state index contributed by atoms with van der Waals surface area (Å²) in [6, 6.07) is 1.68. The molecular formula is C15H24N2O2S. The fraction of sp³-hybridized carbons (Fsp3) is 0.667. The number of amides is 2. The van der Waals surface area contributed by atoms with Crippen LogP contribution in [-0.4, -0.2) is 24.2 Å². The van der Waals surface area contributed by atoms with Crippen LogP contribution in [0.1, 0.15) is 45.1 Å². The zero-order valence-electron chi connectivity index (χ0n) is 12.2. The maximum Gasteiger partial charge on any atom is 0.314 e. The Morgan fingerprint density at radius 2 is 2.15 bits per heavy atom. The molecule has 1 atom stereocenters. The van der Waals surface area contributed by atoms with Gasteiger partial charge in [0.05, 0.1) is 6.54 Å². The van der Waals surface area contributed by atoms with E-state index in [9.17, 15) is 9.90 Å². The third-order valence-electron chi connectivity index (χ3n) is 4.22. The third-order valence-corrected chi connectivity index (χ3v) is 4.91. The van der Waals surface area contributed by atoms with Crippen LogP contribution >= 0.6 is 11.3 Å². The molecule has 0 aliphatic heterocycles. The van der Waals surface area contributed by atoms with E-state index in [4.69, 9.17) is 0 Å². The van der Waals surface area contributed by atoms with Crippen LogP contribution in [-0.2, 0) is 5.60 Å². The Kier molecular flexibility index (Phi) is 4.70. The van der Waals surface area contributed by atoms with Gasteiger partial charge in [0.25, 0.3) is 0 Å². The first-order valence-electron chi connectivity index (χ1n) is 7.18. The molecule has 1 fully saturated rings. The molecule has 1 aromatic heterocycles. The van der Waals surface area contributed by atoms with Crippen molar-refractivity contribution < 1.29 is 9.90 Å². The first-order chi connectivity index (χ1) is 9.41. The van der Waals surface area contributed by atoms with E-state index in [0.29, 0.717) is 6.54 Å². The number of aliphatic hydroxyl groups is 1. The molecule has 0 spiro atoms. The van der Waals surface area contributed by atoms with Gasteiger partial charge in [-0.25, -0.2) is 4.79 Å². The lowest BCUT2D eigenvalue weighted by atomic mass is 9.89. The maximum atomic E-state index is 11.8. The van der Waals surface area contributed by atoms with Gasteiger partial charge in [-0.3, -0.25) is 0 Å². The Hall–Kier alpha value is -1.07. The van der Waals surface area contributed by atoms with Crippen LogP contribution in [0.2, 0.25) is 0 Å². The zero-order chi connectivity index (χ0) is 14.6. The summed E-state index contributed by atoms with van der Waals surface area (Å²) in [6.45, 7) is 4.86. The Morgan fingerprint density at radius 1 is 1.45 bits per heavy atom. The van der Waals surface area contributed by atoms with Crippen molar-refractivity contribution >= 4 is 17.4 Å². The number of rotatable bonds is 5. The van der Waals surface area contributed by atoms with Gasteiger partial charge in [0.2, 0.25) is 0 Å². The fourth-order valence-corrected chi connectivity index (χ4v) is 3.47. The smallest absolute Gasteiger partial charge is 0.314 e. The molecule has 1 aliphatic rings. The predicted molar refractivity (Wildman–Crippen MR) is 81.9 cm³/mol. The van der Waals surface area contributed by atoms with Crippen LogP contribution in [0.5, 0.6) is 0 Å². The van der Waals surface area contributed by atoms with E-state index in [1.54, 1.807) is 6.92 Å². The van der Waals surface area contributed by atoms with Gasteiger partial charge in [-0.05, 0) is 47.6 Å². The highest BCUT2D eigenvalue weighted by molar-refractivity contribution is 7.08. The first-order valence-corrected chi connectivity index (χ1v) is 8.12. The van der Waals surface area contributed by atoms with E-state index in [-0.39, 0.29) is 18.0 Å². The van der Waals surface area contributed by atoms with Crippen LogP contribution < -0.4 is 10.6 Å². The van der Waals surface area contributed by atoms with Crippen molar-refractivity contribution in [3.63, 3.8) is 0 Å². The van der Waals surface area contributed by atoms with Crippen LogP contribution in [0.3, 0.4) is 0 Å². The van der Waals surface area contributed by atoms with Gasteiger partial charge in [0, 0.05) is 6.54 Å². The van der Waals surface area contributed by atoms with Gasteiger partial charge in [0.15, 0.2) is 0 Å². The van der Waals surface area contributed by atoms with E-state index in [2.05, 4.69) is 17.6 Å². The number of thiophene rings is 1. The van der Waals surface area contributed by atoms with Crippen molar-refractivity contribution in [2.75, 3.05) is 13.1 Å². The molecule has 1 unspecified atom stereocenters. The summed E-state index contributed by atoms with van der Waals surface area (Å²) in [7, 11) is 0. The lowest BCUT2D eigenvalue weighted by Gasteiger charge is -2.26. The summed E-state index contributed by atoms with van der Waals surface area (Å²) in [4.78, 5) is 11.8. The van der Waals surface area contributed by atoms with Crippen molar-refractivity contribution in [1.82, 2.24) is 10.6 Å². The maximum absolute atomic E-state index is 11.8. The Labute approximate surface area is 124 Å². The molecule has 2 rings (SSSR count). The summed E-state index contributed by atoms with van der Waals surface area (Å²) < 4.78 is 0. The summed E-state index contributed by atoms with van der Waals surface area (Å²) in [5.41, 5.74) is 0.0625. The molecule has 1 saturated carbocycles. The van der Waals surface area contributed by atoms with E-state index < -0.39 is 5.60 Å². The molecule has 1 aliphatic carbocycles. The zero-order valence-corrected chi connectivity index (χ0v) is 13.1. The molecule has 0 radical (unpaired) electrons. The SMILES string of the molecule is CC1(CNC(=O)NCC(C)(O)c2ccsc2)CCCC1. The fourth-order valence-electron chi connectivity index (χ4n) is 2.69. The molecule has 1 heterocycles. The molecule has 0 bridgehead atoms. The quantitative estimate of drug-likeness (QED) is 0.782. The second-order valence-corrected chi connectivity index (χ2v) is 7.12. The second-order valence-electron chi connectivity index (χ2n) is 6.34.